The van der Waals surface area contributed by atoms with Gasteiger partial charge in [-0.25, -0.2) is 0 Å². The lowest BCUT2D eigenvalue weighted by atomic mass is 9.97. The summed E-state index contributed by atoms with van der Waals surface area (Å²) in [6.07, 6.45) is 9.42. The summed E-state index contributed by atoms with van der Waals surface area (Å²) >= 11 is 0. The van der Waals surface area contributed by atoms with E-state index in [0.29, 0.717) is 0 Å². The molecular formula is C27H36N2. The largest absolute Gasteiger partial charge is 0.324 e. The molecule has 0 aromatic heterocycles. The Bertz CT molecular complexity index is 791. The van der Waals surface area contributed by atoms with E-state index in [1.54, 1.807) is 11.4 Å². The third kappa shape index (κ3) is 3.47. The smallest absolute Gasteiger partial charge is 0.0995 e. The zero-order valence-corrected chi connectivity index (χ0v) is 18.7. The Morgan fingerprint density at radius 1 is 0.586 bits per heavy atom. The summed E-state index contributed by atoms with van der Waals surface area (Å²) in [5.74, 6) is 0. The number of allylic oxidation sites excluding steroid dienone is 2. The van der Waals surface area contributed by atoms with Crippen molar-refractivity contribution in [2.24, 2.45) is 0 Å². The average Bonchev–Trinajstić information content (AvgIpc) is 3.16. The van der Waals surface area contributed by atoms with Crippen molar-refractivity contribution in [3.8, 4) is 0 Å². The molecule has 2 aromatic rings. The molecule has 0 fully saturated rings. The van der Waals surface area contributed by atoms with Gasteiger partial charge in [0.15, 0.2) is 0 Å². The average molecular weight is 389 g/mol. The zero-order valence-electron chi connectivity index (χ0n) is 18.7. The summed E-state index contributed by atoms with van der Waals surface area (Å²) < 4.78 is 0. The Morgan fingerprint density at radius 3 is 1.24 bits per heavy atom. The van der Waals surface area contributed by atoms with Crippen LogP contribution in [0.1, 0.15) is 75.6 Å². The van der Waals surface area contributed by atoms with Crippen LogP contribution in [0.2, 0.25) is 0 Å². The third-order valence-electron chi connectivity index (χ3n) is 6.81. The van der Waals surface area contributed by atoms with E-state index >= 15 is 0 Å². The van der Waals surface area contributed by atoms with Gasteiger partial charge in [-0.1, -0.05) is 64.1 Å². The van der Waals surface area contributed by atoms with Crippen LogP contribution in [0.15, 0.2) is 47.8 Å². The number of anilines is 2. The molecule has 1 heterocycles. The van der Waals surface area contributed by atoms with E-state index in [9.17, 15) is 0 Å². The first-order valence-corrected chi connectivity index (χ1v) is 11.7. The van der Waals surface area contributed by atoms with Crippen molar-refractivity contribution < 1.29 is 0 Å². The van der Waals surface area contributed by atoms with E-state index in [0.717, 1.165) is 32.4 Å². The molecule has 0 saturated heterocycles. The third-order valence-corrected chi connectivity index (χ3v) is 6.81. The van der Waals surface area contributed by atoms with Gasteiger partial charge < -0.3 is 9.80 Å². The summed E-state index contributed by atoms with van der Waals surface area (Å²) in [7, 11) is 0. The van der Waals surface area contributed by atoms with E-state index in [2.05, 4.69) is 73.9 Å². The van der Waals surface area contributed by atoms with Crippen LogP contribution in [0.25, 0.3) is 0 Å². The van der Waals surface area contributed by atoms with Crippen molar-refractivity contribution in [3.05, 3.63) is 70.0 Å². The second-order valence-electron chi connectivity index (χ2n) is 8.36. The lowest BCUT2D eigenvalue weighted by Gasteiger charge is -2.30. The standard InChI is InChI=1S/C27H36N2/c1-5-20-13-11-14-21(6-2)26(20)28-19-29(25-18-10-9-17-24(25)28)27-22(7-3)15-12-16-23(27)8-4/h11-16H,5-10,17-19H2,1-4H3. The summed E-state index contributed by atoms with van der Waals surface area (Å²) in [5.41, 5.74) is 12.1. The second-order valence-corrected chi connectivity index (χ2v) is 8.36. The van der Waals surface area contributed by atoms with Gasteiger partial charge in [0.05, 0.1) is 6.67 Å². The Labute approximate surface area is 177 Å². The summed E-state index contributed by atoms with van der Waals surface area (Å²) in [5, 5.41) is 0. The Hall–Kier alpha value is -2.22. The number of benzene rings is 2. The van der Waals surface area contributed by atoms with Crippen LogP contribution in [-0.2, 0) is 25.7 Å². The van der Waals surface area contributed by atoms with Gasteiger partial charge in [0.1, 0.15) is 0 Å². The fourth-order valence-corrected chi connectivity index (χ4v) is 5.30. The summed E-state index contributed by atoms with van der Waals surface area (Å²) in [4.78, 5) is 5.36. The van der Waals surface area contributed by atoms with Gasteiger partial charge in [-0.05, 0) is 73.6 Å². The minimum Gasteiger partial charge on any atom is -0.324 e. The van der Waals surface area contributed by atoms with Crippen LogP contribution in [0.3, 0.4) is 0 Å². The highest BCUT2D eigenvalue weighted by Crippen LogP contribution is 2.44. The number of aryl methyl sites for hydroxylation is 4. The predicted molar refractivity (Wildman–Crippen MR) is 126 cm³/mol. The van der Waals surface area contributed by atoms with Crippen molar-refractivity contribution in [1.29, 1.82) is 0 Å². The predicted octanol–water partition coefficient (Wildman–Crippen LogP) is 7.01. The number of para-hydroxylation sites is 2. The highest BCUT2D eigenvalue weighted by Gasteiger charge is 2.35. The molecule has 4 rings (SSSR count). The maximum atomic E-state index is 2.68. The van der Waals surface area contributed by atoms with E-state index in [-0.39, 0.29) is 0 Å². The van der Waals surface area contributed by atoms with Crippen molar-refractivity contribution in [2.75, 3.05) is 16.5 Å². The SMILES string of the molecule is CCc1cccc(CC)c1N1CN(c2c(CC)cccc2CC)C2=C1CCCC2. The maximum absolute atomic E-state index is 2.68. The highest BCUT2D eigenvalue weighted by molar-refractivity contribution is 5.73. The number of hydrogen-bond acceptors (Lipinski definition) is 2. The zero-order chi connectivity index (χ0) is 20.4. The molecule has 0 unspecified atom stereocenters. The second kappa shape index (κ2) is 8.65. The molecule has 0 bridgehead atoms. The molecule has 1 aliphatic heterocycles. The highest BCUT2D eigenvalue weighted by atomic mass is 15.4. The monoisotopic (exact) mass is 388 g/mol. The Morgan fingerprint density at radius 2 is 0.931 bits per heavy atom. The molecule has 2 nitrogen and oxygen atoms in total. The van der Waals surface area contributed by atoms with E-state index < -0.39 is 0 Å². The van der Waals surface area contributed by atoms with Crippen molar-refractivity contribution in [2.45, 2.75) is 79.1 Å². The van der Waals surface area contributed by atoms with Crippen LogP contribution >= 0.6 is 0 Å². The molecule has 2 heteroatoms. The quantitative estimate of drug-likeness (QED) is 0.525. The molecule has 0 atom stereocenters. The van der Waals surface area contributed by atoms with Gasteiger partial charge >= 0.3 is 0 Å². The van der Waals surface area contributed by atoms with Gasteiger partial charge in [0.2, 0.25) is 0 Å². The summed E-state index contributed by atoms with van der Waals surface area (Å²) in [6, 6.07) is 13.8. The molecule has 2 aromatic carbocycles. The fraction of sp³-hybridized carbons (Fsp3) is 0.481. The molecule has 29 heavy (non-hydrogen) atoms. The van der Waals surface area contributed by atoms with Crippen LogP contribution in [0, 0.1) is 0 Å². The van der Waals surface area contributed by atoms with Gasteiger partial charge in [-0.15, -0.1) is 0 Å². The molecule has 154 valence electrons. The van der Waals surface area contributed by atoms with Gasteiger partial charge in [-0.2, -0.15) is 0 Å². The first-order chi connectivity index (χ1) is 14.2. The molecular weight excluding hydrogens is 352 g/mol. The first kappa shape index (κ1) is 20.1. The molecule has 1 aliphatic carbocycles. The van der Waals surface area contributed by atoms with Gasteiger partial charge in [0.25, 0.3) is 0 Å². The Balaban J connectivity index is 1.86. The fourth-order valence-electron chi connectivity index (χ4n) is 5.30. The molecule has 0 amide bonds. The number of hydrogen-bond donors (Lipinski definition) is 0. The molecule has 0 N–H and O–H groups in total. The molecule has 0 radical (unpaired) electrons. The van der Waals surface area contributed by atoms with Crippen molar-refractivity contribution in [3.63, 3.8) is 0 Å². The van der Waals surface area contributed by atoms with E-state index in [4.69, 9.17) is 0 Å². The Kier molecular flexibility index (Phi) is 5.99. The summed E-state index contributed by atoms with van der Waals surface area (Å²) in [6.45, 7) is 10.2. The normalized spacial score (nSPS) is 16.6. The number of rotatable bonds is 6. The minimum absolute atomic E-state index is 0.971. The molecule has 0 saturated carbocycles. The minimum atomic E-state index is 0.971. The lowest BCUT2D eigenvalue weighted by Crippen LogP contribution is -2.30. The van der Waals surface area contributed by atoms with Crippen LogP contribution in [0.5, 0.6) is 0 Å². The van der Waals surface area contributed by atoms with Crippen molar-refractivity contribution >= 4 is 11.4 Å². The van der Waals surface area contributed by atoms with Crippen molar-refractivity contribution in [1.82, 2.24) is 0 Å². The first-order valence-electron chi connectivity index (χ1n) is 11.7. The topological polar surface area (TPSA) is 6.48 Å². The van der Waals surface area contributed by atoms with Crippen LogP contribution in [0.4, 0.5) is 11.4 Å². The lowest BCUT2D eigenvalue weighted by molar-refractivity contribution is 0.670. The van der Waals surface area contributed by atoms with Gasteiger partial charge in [-0.3, -0.25) is 0 Å². The van der Waals surface area contributed by atoms with Crippen LogP contribution in [-0.4, -0.2) is 6.67 Å². The van der Waals surface area contributed by atoms with E-state index in [1.165, 1.54) is 59.3 Å². The maximum Gasteiger partial charge on any atom is 0.0995 e. The molecule has 2 aliphatic rings. The van der Waals surface area contributed by atoms with Crippen LogP contribution < -0.4 is 9.80 Å². The van der Waals surface area contributed by atoms with E-state index in [1.807, 2.05) is 0 Å². The molecule has 0 spiro atoms. The number of nitrogens with zero attached hydrogens (tertiary/aromatic N) is 2. The van der Waals surface area contributed by atoms with Gasteiger partial charge in [0, 0.05) is 22.8 Å².